The van der Waals surface area contributed by atoms with Crippen molar-refractivity contribution >= 4 is 17.7 Å². The molecule has 1 amide bonds. The van der Waals surface area contributed by atoms with Crippen LogP contribution in [0.1, 0.15) is 99.3 Å². The quantitative estimate of drug-likeness (QED) is 0.565. The first-order valence-corrected chi connectivity index (χ1v) is 13.9. The van der Waals surface area contributed by atoms with Gasteiger partial charge in [-0.25, -0.2) is 0 Å². The normalized spacial score (nSPS) is 42.9. The Bertz CT molecular complexity index is 880. The van der Waals surface area contributed by atoms with Gasteiger partial charge in [-0.15, -0.1) is 0 Å². The van der Waals surface area contributed by atoms with Gasteiger partial charge in [0.05, 0.1) is 5.54 Å². The lowest BCUT2D eigenvalue weighted by Crippen LogP contribution is -2.56. The summed E-state index contributed by atoms with van der Waals surface area (Å²) >= 11 is 0. The van der Waals surface area contributed by atoms with Crippen LogP contribution in [0, 0.1) is 40.4 Å². The van der Waals surface area contributed by atoms with Crippen molar-refractivity contribution in [3.63, 3.8) is 0 Å². The molecule has 6 nitrogen and oxygen atoms in total. The summed E-state index contributed by atoms with van der Waals surface area (Å²) in [5.41, 5.74) is 4.89. The molecule has 0 aromatic heterocycles. The lowest BCUT2D eigenvalue weighted by atomic mass is 9.44. The van der Waals surface area contributed by atoms with Crippen LogP contribution < -0.4 is 5.73 Å². The maximum atomic E-state index is 12.8. The Balaban J connectivity index is 1.42. The van der Waals surface area contributed by atoms with E-state index in [1.807, 2.05) is 0 Å². The van der Waals surface area contributed by atoms with Crippen LogP contribution in [-0.4, -0.2) is 47.3 Å². The molecular weight excluding hydrogens is 440 g/mol. The zero-order valence-electron chi connectivity index (χ0n) is 23.1. The van der Waals surface area contributed by atoms with Gasteiger partial charge in [-0.05, 0) is 120 Å². The molecule has 4 fully saturated rings. The van der Waals surface area contributed by atoms with Crippen LogP contribution in [0.25, 0.3) is 0 Å². The first kappa shape index (κ1) is 26.6. The Kier molecular flexibility index (Phi) is 6.73. The van der Waals surface area contributed by atoms with Crippen molar-refractivity contribution in [2.24, 2.45) is 46.2 Å². The van der Waals surface area contributed by atoms with Crippen molar-refractivity contribution < 1.29 is 19.1 Å². The van der Waals surface area contributed by atoms with Crippen LogP contribution in [0.4, 0.5) is 0 Å². The Morgan fingerprint density at radius 1 is 0.943 bits per heavy atom. The first-order valence-electron chi connectivity index (χ1n) is 13.9. The van der Waals surface area contributed by atoms with Crippen LogP contribution in [0.5, 0.6) is 0 Å². The molecule has 0 aliphatic heterocycles. The molecule has 8 atom stereocenters. The van der Waals surface area contributed by atoms with Gasteiger partial charge in [0.15, 0.2) is 0 Å². The van der Waals surface area contributed by atoms with Gasteiger partial charge >= 0.3 is 5.97 Å². The van der Waals surface area contributed by atoms with Gasteiger partial charge in [0.25, 0.3) is 0 Å². The summed E-state index contributed by atoms with van der Waals surface area (Å²) in [7, 11) is 1.61. The second kappa shape index (κ2) is 8.85. The minimum absolute atomic E-state index is 0.0702. The number of carbonyl (C=O) groups is 3. The summed E-state index contributed by atoms with van der Waals surface area (Å²) in [6.45, 7) is 12.0. The molecule has 0 aromatic rings. The zero-order chi connectivity index (χ0) is 26.0. The number of amides is 1. The highest BCUT2D eigenvalue weighted by atomic mass is 16.6. The van der Waals surface area contributed by atoms with Crippen molar-refractivity contribution in [3.8, 4) is 0 Å². The van der Waals surface area contributed by atoms with Crippen molar-refractivity contribution in [2.75, 3.05) is 13.6 Å². The lowest BCUT2D eigenvalue weighted by Gasteiger charge is -2.62. The largest absolute Gasteiger partial charge is 0.458 e. The van der Waals surface area contributed by atoms with Gasteiger partial charge in [0.2, 0.25) is 5.91 Å². The molecule has 4 saturated carbocycles. The van der Waals surface area contributed by atoms with Crippen molar-refractivity contribution in [1.82, 2.24) is 4.90 Å². The van der Waals surface area contributed by atoms with Crippen molar-refractivity contribution in [2.45, 2.75) is 110 Å². The number of nitrogens with two attached hydrogens (primary N) is 1. The monoisotopic (exact) mass is 488 g/mol. The van der Waals surface area contributed by atoms with E-state index in [0.29, 0.717) is 23.5 Å². The smallest absolute Gasteiger partial charge is 0.326 e. The van der Waals surface area contributed by atoms with Gasteiger partial charge in [-0.2, -0.15) is 0 Å². The second-order valence-electron chi connectivity index (χ2n) is 14.0. The number of nitrogens with zero attached hydrogens (tertiary/aromatic N) is 1. The molecule has 198 valence electrons. The summed E-state index contributed by atoms with van der Waals surface area (Å²) < 4.78 is 6.06. The van der Waals surface area contributed by atoms with E-state index in [4.69, 9.17) is 10.5 Å². The number of hydrogen-bond acceptors (Lipinski definition) is 5. The molecule has 6 heteroatoms. The fourth-order valence-electron chi connectivity index (χ4n) is 9.24. The third kappa shape index (κ3) is 4.57. The van der Waals surface area contributed by atoms with Crippen molar-refractivity contribution in [3.05, 3.63) is 0 Å². The van der Waals surface area contributed by atoms with Gasteiger partial charge in [-0.3, -0.25) is 14.4 Å². The number of ether oxygens (including phenoxy) is 1. The highest BCUT2D eigenvalue weighted by Gasteiger charge is 2.61. The van der Waals surface area contributed by atoms with E-state index in [1.165, 1.54) is 37.0 Å². The predicted octanol–water partition coefficient (Wildman–Crippen LogP) is 4.73. The van der Waals surface area contributed by atoms with E-state index in [9.17, 15) is 14.4 Å². The minimum atomic E-state index is -1.01. The SMILES string of the molecule is CC(=O)[C@H]1CC[C@H]2[C@@H]3CC[C@H]4C[C@](C)(OC(=O)CN(C)C(=O)C(C)(C)N)CC[C@]4(C)[C@H]3CC[C@]12C. The summed E-state index contributed by atoms with van der Waals surface area (Å²) in [6, 6.07) is 0. The first-order chi connectivity index (χ1) is 16.1. The standard InChI is InChI=1S/C29H48N2O4/c1-18(32)21-10-11-22-20-9-8-19-16-27(4,35-24(33)17-31(7)25(34)26(2,3)30)14-15-28(19,5)23(20)12-13-29(21,22)6/h19-23H,8-17,30H2,1-7H3/t19-,20-,21+,22-,23-,27+,28-,29+/m0/s1. The Morgan fingerprint density at radius 2 is 1.60 bits per heavy atom. The van der Waals surface area contributed by atoms with Crippen LogP contribution in [0.2, 0.25) is 0 Å². The zero-order valence-corrected chi connectivity index (χ0v) is 23.1. The number of fused-ring (bicyclic) bond motifs is 5. The number of ketones is 1. The molecule has 4 aliphatic carbocycles. The van der Waals surface area contributed by atoms with E-state index in [0.717, 1.165) is 31.6 Å². The number of likely N-dealkylation sites (N-methyl/N-ethyl adjacent to an activating group) is 1. The molecule has 0 saturated heterocycles. The fraction of sp³-hybridized carbons (Fsp3) is 0.897. The van der Waals surface area contributed by atoms with E-state index >= 15 is 0 Å². The van der Waals surface area contributed by atoms with Crippen LogP contribution in [0.3, 0.4) is 0 Å². The van der Waals surface area contributed by atoms with E-state index < -0.39 is 11.1 Å². The number of rotatable bonds is 5. The van der Waals surface area contributed by atoms with Crippen molar-refractivity contribution in [1.29, 1.82) is 0 Å². The molecule has 4 rings (SSSR count). The molecule has 4 aliphatic rings. The summed E-state index contributed by atoms with van der Waals surface area (Å²) in [4.78, 5) is 38.9. The number of Topliss-reactive ketones (excluding diaryl/α,β-unsaturated/α-hetero) is 1. The van der Waals surface area contributed by atoms with Gasteiger partial charge < -0.3 is 15.4 Å². The lowest BCUT2D eigenvalue weighted by molar-refractivity contribution is -0.182. The minimum Gasteiger partial charge on any atom is -0.458 e. The molecule has 0 unspecified atom stereocenters. The second-order valence-corrected chi connectivity index (χ2v) is 14.0. The molecule has 0 heterocycles. The summed E-state index contributed by atoms with van der Waals surface area (Å²) in [5, 5.41) is 0. The molecule has 2 N–H and O–H groups in total. The molecular formula is C29H48N2O4. The molecule has 0 aromatic carbocycles. The molecule has 0 bridgehead atoms. The third-order valence-electron chi connectivity index (χ3n) is 11.1. The summed E-state index contributed by atoms with van der Waals surface area (Å²) in [5.74, 6) is 2.70. The van der Waals surface area contributed by atoms with E-state index in [2.05, 4.69) is 20.8 Å². The fourth-order valence-corrected chi connectivity index (χ4v) is 9.24. The average Bonchev–Trinajstić information content (AvgIpc) is 3.10. The van der Waals surface area contributed by atoms with Crippen LogP contribution >= 0.6 is 0 Å². The maximum absolute atomic E-state index is 12.8. The van der Waals surface area contributed by atoms with Gasteiger partial charge in [0.1, 0.15) is 17.9 Å². The highest BCUT2D eigenvalue weighted by molar-refractivity contribution is 5.88. The Labute approximate surface area is 212 Å². The Morgan fingerprint density at radius 3 is 2.23 bits per heavy atom. The van der Waals surface area contributed by atoms with E-state index in [1.54, 1.807) is 27.8 Å². The maximum Gasteiger partial charge on any atom is 0.326 e. The Hall–Kier alpha value is -1.43. The van der Waals surface area contributed by atoms with E-state index in [-0.39, 0.29) is 35.2 Å². The van der Waals surface area contributed by atoms with Crippen LogP contribution in [0.15, 0.2) is 0 Å². The average molecular weight is 489 g/mol. The van der Waals surface area contributed by atoms with Crippen LogP contribution in [-0.2, 0) is 19.1 Å². The third-order valence-corrected chi connectivity index (χ3v) is 11.1. The highest BCUT2D eigenvalue weighted by Crippen LogP contribution is 2.68. The summed E-state index contributed by atoms with van der Waals surface area (Å²) in [6.07, 6.45) is 9.96. The molecule has 0 radical (unpaired) electrons. The molecule has 0 spiro atoms. The topological polar surface area (TPSA) is 89.7 Å². The number of esters is 1. The number of carbonyl (C=O) groups excluding carboxylic acids is 3. The van der Waals surface area contributed by atoms with Gasteiger partial charge in [0, 0.05) is 13.0 Å². The predicted molar refractivity (Wildman–Crippen MR) is 136 cm³/mol. The van der Waals surface area contributed by atoms with Gasteiger partial charge in [-0.1, -0.05) is 13.8 Å². The number of hydrogen-bond donors (Lipinski definition) is 1. The molecule has 35 heavy (non-hydrogen) atoms.